The first-order valence-corrected chi connectivity index (χ1v) is 8.93. The lowest BCUT2D eigenvalue weighted by atomic mass is 10.1. The fraction of sp³-hybridized carbons (Fsp3) is 0.400. The van der Waals surface area contributed by atoms with Crippen molar-refractivity contribution in [3.8, 4) is 0 Å². The number of hydrogen-bond donors (Lipinski definition) is 0. The van der Waals surface area contributed by atoms with Gasteiger partial charge in [0.2, 0.25) is 0 Å². The number of hydrogen-bond acceptors (Lipinski definition) is 5. The van der Waals surface area contributed by atoms with Crippen LogP contribution in [0, 0.1) is 12.7 Å². The molecule has 1 fully saturated rings. The molecule has 1 aliphatic rings. The van der Waals surface area contributed by atoms with Crippen molar-refractivity contribution in [1.82, 2.24) is 14.5 Å². The number of nitrogens with zero attached hydrogens (tertiary/aromatic N) is 3. The molecule has 22 heavy (non-hydrogen) atoms. The average molecular weight is 337 g/mol. The van der Waals surface area contributed by atoms with Crippen molar-refractivity contribution in [2.45, 2.75) is 18.6 Å². The van der Waals surface area contributed by atoms with Gasteiger partial charge in [0.15, 0.2) is 0 Å². The Balaban J connectivity index is 1.72. The van der Waals surface area contributed by atoms with E-state index in [4.69, 9.17) is 0 Å². The van der Waals surface area contributed by atoms with E-state index in [2.05, 4.69) is 9.59 Å². The molecule has 2 heterocycles. The molecule has 4 nitrogen and oxygen atoms in total. The van der Waals surface area contributed by atoms with Crippen molar-refractivity contribution in [3.63, 3.8) is 0 Å². The fourth-order valence-electron chi connectivity index (χ4n) is 2.53. The molecule has 0 spiro atoms. The van der Waals surface area contributed by atoms with Crippen LogP contribution >= 0.6 is 23.3 Å². The molecule has 116 valence electrons. The van der Waals surface area contributed by atoms with Crippen LogP contribution in [-0.2, 0) is 0 Å². The van der Waals surface area contributed by atoms with Gasteiger partial charge in [0.25, 0.3) is 5.91 Å². The third-order valence-corrected chi connectivity index (χ3v) is 5.85. The zero-order valence-corrected chi connectivity index (χ0v) is 13.8. The third kappa shape index (κ3) is 3.15. The van der Waals surface area contributed by atoms with E-state index in [0.29, 0.717) is 23.7 Å². The van der Waals surface area contributed by atoms with Gasteiger partial charge in [-0.05, 0) is 30.9 Å². The second-order valence-electron chi connectivity index (χ2n) is 5.15. The van der Waals surface area contributed by atoms with E-state index in [1.165, 1.54) is 6.07 Å². The highest BCUT2D eigenvalue weighted by atomic mass is 32.2. The topological polar surface area (TPSA) is 46.1 Å². The maximum absolute atomic E-state index is 13.9. The minimum absolute atomic E-state index is 0.0118. The Hall–Kier alpha value is -1.47. The summed E-state index contributed by atoms with van der Waals surface area (Å²) < 4.78 is 17.8. The number of carbonyl (C=O) groups is 1. The Morgan fingerprint density at radius 2 is 2.18 bits per heavy atom. The van der Waals surface area contributed by atoms with E-state index in [0.717, 1.165) is 29.3 Å². The van der Waals surface area contributed by atoms with Gasteiger partial charge in [-0.2, -0.15) is 11.8 Å². The largest absolute Gasteiger partial charge is 0.337 e. The molecule has 0 radical (unpaired) electrons. The van der Waals surface area contributed by atoms with Gasteiger partial charge in [0.05, 0.1) is 5.69 Å². The number of halogens is 1. The van der Waals surface area contributed by atoms with E-state index >= 15 is 0 Å². The van der Waals surface area contributed by atoms with Crippen molar-refractivity contribution in [2.75, 3.05) is 18.8 Å². The van der Waals surface area contributed by atoms with Gasteiger partial charge in [-0.1, -0.05) is 22.7 Å². The van der Waals surface area contributed by atoms with E-state index in [1.54, 1.807) is 24.8 Å². The molecule has 2 aromatic rings. The second-order valence-corrected chi connectivity index (χ2v) is 7.21. The lowest BCUT2D eigenvalue weighted by Gasteiger charge is -2.19. The Morgan fingerprint density at radius 3 is 2.91 bits per heavy atom. The summed E-state index contributed by atoms with van der Waals surface area (Å²) in [5.41, 5.74) is 1.41. The Morgan fingerprint density at radius 1 is 1.36 bits per heavy atom. The molecule has 0 unspecified atom stereocenters. The van der Waals surface area contributed by atoms with Crippen LogP contribution in [0.2, 0.25) is 0 Å². The molecule has 7 heteroatoms. The Bertz CT molecular complexity index is 676. The van der Waals surface area contributed by atoms with Gasteiger partial charge in [-0.3, -0.25) is 4.79 Å². The molecular formula is C15H16FN3OS2. The third-order valence-electron chi connectivity index (χ3n) is 3.73. The van der Waals surface area contributed by atoms with Crippen LogP contribution in [0.1, 0.15) is 32.6 Å². The summed E-state index contributed by atoms with van der Waals surface area (Å²) in [4.78, 5) is 15.0. The number of aryl methyl sites for hydroxylation is 1. The second kappa shape index (κ2) is 6.75. The van der Waals surface area contributed by atoms with Gasteiger partial charge < -0.3 is 4.90 Å². The average Bonchev–Trinajstić information content (AvgIpc) is 2.80. The Labute approximate surface area is 136 Å². The normalized spacial score (nSPS) is 19.0. The van der Waals surface area contributed by atoms with Crippen molar-refractivity contribution in [1.29, 1.82) is 0 Å². The molecule has 0 bridgehead atoms. The molecule has 1 amide bonds. The summed E-state index contributed by atoms with van der Waals surface area (Å²) in [6.07, 6.45) is 0.753. The predicted molar refractivity (Wildman–Crippen MR) is 86.8 cm³/mol. The zero-order chi connectivity index (χ0) is 15.5. The molecule has 1 aliphatic heterocycles. The minimum Gasteiger partial charge on any atom is -0.337 e. The number of carbonyl (C=O) groups excluding carboxylic acids is 1. The van der Waals surface area contributed by atoms with Crippen molar-refractivity contribution < 1.29 is 9.18 Å². The van der Waals surface area contributed by atoms with Gasteiger partial charge >= 0.3 is 0 Å². The molecule has 0 saturated carbocycles. The standard InChI is InChI=1S/C15H16FN3OS2/c1-10-14(22-18-17-10)15(20)19-7-6-13(21-9-8-19)11-4-2-3-5-12(11)16/h2-5,13H,6-9H2,1H3/t13-/m0/s1. The summed E-state index contributed by atoms with van der Waals surface area (Å²) >= 11 is 2.85. The van der Waals surface area contributed by atoms with Crippen LogP contribution in [0.5, 0.6) is 0 Å². The quantitative estimate of drug-likeness (QED) is 0.843. The van der Waals surface area contributed by atoms with Crippen LogP contribution in [0.15, 0.2) is 24.3 Å². The summed E-state index contributed by atoms with van der Waals surface area (Å²) in [7, 11) is 0. The molecular weight excluding hydrogens is 321 g/mol. The highest BCUT2D eigenvalue weighted by Crippen LogP contribution is 2.35. The molecule has 3 rings (SSSR count). The van der Waals surface area contributed by atoms with E-state index in [1.807, 2.05) is 17.0 Å². The number of rotatable bonds is 2. The van der Waals surface area contributed by atoms with Crippen molar-refractivity contribution in [2.24, 2.45) is 0 Å². The lowest BCUT2D eigenvalue weighted by Crippen LogP contribution is -2.32. The highest BCUT2D eigenvalue weighted by Gasteiger charge is 2.26. The van der Waals surface area contributed by atoms with Crippen LogP contribution < -0.4 is 0 Å². The number of aromatic nitrogens is 2. The van der Waals surface area contributed by atoms with Gasteiger partial charge in [0, 0.05) is 29.7 Å². The highest BCUT2D eigenvalue weighted by molar-refractivity contribution is 7.99. The summed E-state index contributed by atoms with van der Waals surface area (Å²) in [6.45, 7) is 3.10. The first-order valence-electron chi connectivity index (χ1n) is 7.11. The number of thioether (sulfide) groups is 1. The first-order chi connectivity index (χ1) is 10.7. The molecule has 1 saturated heterocycles. The first kappa shape index (κ1) is 15.4. The van der Waals surface area contributed by atoms with E-state index < -0.39 is 0 Å². The Kier molecular flexibility index (Phi) is 4.73. The monoisotopic (exact) mass is 337 g/mol. The molecule has 0 aliphatic carbocycles. The maximum Gasteiger partial charge on any atom is 0.267 e. The maximum atomic E-state index is 13.9. The van der Waals surface area contributed by atoms with Crippen LogP contribution in [0.25, 0.3) is 0 Å². The molecule has 0 N–H and O–H groups in total. The molecule has 1 atom stereocenters. The zero-order valence-electron chi connectivity index (χ0n) is 12.2. The van der Waals surface area contributed by atoms with Crippen molar-refractivity contribution >= 4 is 29.2 Å². The van der Waals surface area contributed by atoms with Gasteiger partial charge in [-0.25, -0.2) is 4.39 Å². The van der Waals surface area contributed by atoms with Crippen LogP contribution in [0.3, 0.4) is 0 Å². The smallest absolute Gasteiger partial charge is 0.267 e. The molecule has 1 aromatic heterocycles. The summed E-state index contributed by atoms with van der Waals surface area (Å²) in [6, 6.07) is 6.90. The number of amides is 1. The summed E-state index contributed by atoms with van der Waals surface area (Å²) in [5, 5.41) is 3.99. The SMILES string of the molecule is Cc1nnsc1C(=O)N1CCS[C@H](c2ccccc2F)CC1. The van der Waals surface area contributed by atoms with Gasteiger partial charge in [-0.15, -0.1) is 5.10 Å². The van der Waals surface area contributed by atoms with Crippen LogP contribution in [-0.4, -0.2) is 39.2 Å². The van der Waals surface area contributed by atoms with Crippen molar-refractivity contribution in [3.05, 3.63) is 46.2 Å². The minimum atomic E-state index is -0.165. The lowest BCUT2D eigenvalue weighted by molar-refractivity contribution is 0.0770. The summed E-state index contributed by atoms with van der Waals surface area (Å²) in [5.74, 6) is 0.625. The van der Waals surface area contributed by atoms with E-state index in [9.17, 15) is 9.18 Å². The molecule has 1 aromatic carbocycles. The fourth-order valence-corrected chi connectivity index (χ4v) is 4.41. The number of benzene rings is 1. The van der Waals surface area contributed by atoms with E-state index in [-0.39, 0.29) is 17.0 Å². The van der Waals surface area contributed by atoms with Crippen LogP contribution in [0.4, 0.5) is 4.39 Å². The van der Waals surface area contributed by atoms with Gasteiger partial charge in [0.1, 0.15) is 10.7 Å². The predicted octanol–water partition coefficient (Wildman–Crippen LogP) is 3.31.